The summed E-state index contributed by atoms with van der Waals surface area (Å²) in [4.78, 5) is 10.2. The van der Waals surface area contributed by atoms with E-state index in [0.717, 1.165) is 60.6 Å². The molecule has 0 radical (unpaired) electrons. The monoisotopic (exact) mass is 432 g/mol. The summed E-state index contributed by atoms with van der Waals surface area (Å²) in [5.74, 6) is 1.81. The van der Waals surface area contributed by atoms with Crippen molar-refractivity contribution in [2.24, 2.45) is 0 Å². The van der Waals surface area contributed by atoms with Crippen molar-refractivity contribution in [1.82, 2.24) is 24.4 Å². The van der Waals surface area contributed by atoms with E-state index in [9.17, 15) is 0 Å². The van der Waals surface area contributed by atoms with Crippen LogP contribution in [0.15, 0.2) is 36.7 Å². The Bertz CT molecular complexity index is 1150. The van der Waals surface area contributed by atoms with Crippen LogP contribution in [0.5, 0.6) is 5.75 Å². The second-order valence-corrected chi connectivity index (χ2v) is 10.2. The van der Waals surface area contributed by atoms with E-state index in [2.05, 4.69) is 59.2 Å². The molecule has 4 heterocycles. The number of aryl methyl sites for hydroxylation is 1. The van der Waals surface area contributed by atoms with Gasteiger partial charge in [0.2, 0.25) is 0 Å². The van der Waals surface area contributed by atoms with E-state index < -0.39 is 0 Å². The molecule has 32 heavy (non-hydrogen) atoms. The number of hydrogen-bond donors (Lipinski definition) is 1. The highest BCUT2D eigenvalue weighted by Crippen LogP contribution is 2.37. The van der Waals surface area contributed by atoms with Gasteiger partial charge in [0.25, 0.3) is 0 Å². The van der Waals surface area contributed by atoms with E-state index in [4.69, 9.17) is 9.72 Å². The largest absolute Gasteiger partial charge is 0.492 e. The lowest BCUT2D eigenvalue weighted by Crippen LogP contribution is -2.65. The first kappa shape index (κ1) is 20.0. The Morgan fingerprint density at radius 1 is 1.12 bits per heavy atom. The molecule has 0 spiro atoms. The van der Waals surface area contributed by atoms with Crippen LogP contribution in [-0.2, 0) is 0 Å². The Balaban J connectivity index is 1.38. The average molecular weight is 433 g/mol. The first-order chi connectivity index (χ1) is 15.5. The molecule has 7 heteroatoms. The van der Waals surface area contributed by atoms with E-state index >= 15 is 0 Å². The van der Waals surface area contributed by atoms with Crippen LogP contribution < -0.4 is 10.1 Å². The van der Waals surface area contributed by atoms with Gasteiger partial charge in [-0.15, -0.1) is 0 Å². The summed E-state index contributed by atoms with van der Waals surface area (Å²) in [5.41, 5.74) is 4.41. The molecular weight excluding hydrogens is 400 g/mol. The van der Waals surface area contributed by atoms with Gasteiger partial charge in [0.05, 0.1) is 12.2 Å². The lowest BCUT2D eigenvalue weighted by molar-refractivity contribution is -0.0341. The molecule has 1 aromatic carbocycles. The first-order valence-electron chi connectivity index (χ1n) is 11.8. The van der Waals surface area contributed by atoms with Gasteiger partial charge < -0.3 is 10.1 Å². The number of fused-ring (bicyclic) bond motifs is 5. The van der Waals surface area contributed by atoms with Crippen molar-refractivity contribution >= 4 is 11.5 Å². The number of nitrogens with zero attached hydrogens (tertiary/aromatic N) is 5. The summed E-state index contributed by atoms with van der Waals surface area (Å²) in [6, 6.07) is 9.51. The number of piperazine rings is 1. The van der Waals surface area contributed by atoms with Gasteiger partial charge in [-0.25, -0.2) is 9.50 Å². The van der Waals surface area contributed by atoms with E-state index in [1.165, 1.54) is 18.4 Å². The second kappa shape index (κ2) is 7.46. The zero-order chi connectivity index (χ0) is 21.9. The van der Waals surface area contributed by atoms with Crippen LogP contribution in [0.2, 0.25) is 0 Å². The van der Waals surface area contributed by atoms with E-state index in [1.807, 2.05) is 23.0 Å². The van der Waals surface area contributed by atoms with Crippen molar-refractivity contribution in [2.75, 3.05) is 38.1 Å². The Labute approximate surface area is 189 Å². The molecule has 6 rings (SSSR count). The fraction of sp³-hybridized carbons (Fsp3) is 0.520. The van der Waals surface area contributed by atoms with Crippen LogP contribution in [0.25, 0.3) is 16.8 Å². The number of aromatic nitrogens is 3. The van der Waals surface area contributed by atoms with E-state index in [1.54, 1.807) is 0 Å². The maximum Gasteiger partial charge on any atom is 0.165 e. The lowest BCUT2D eigenvalue weighted by atomic mass is 9.95. The standard InChI is InChI=1S/C25H32N6O/c1-17-4-7-20-12-21(17)22-13-27-31-10-8-23(28-24(22)31)26-9-11-29-16-25(2,3)30(18-5-6-18)14-19(29)15-32-20/h4,7-8,10,12-13,18-19H,5-6,9,11,14-16H2,1-3H3,(H,26,28)/t19-/m0/s1. The van der Waals surface area contributed by atoms with Crippen LogP contribution in [0.4, 0.5) is 5.82 Å². The van der Waals surface area contributed by atoms with Crippen molar-refractivity contribution < 1.29 is 4.74 Å². The molecule has 4 bridgehead atoms. The van der Waals surface area contributed by atoms with Gasteiger partial charge in [0.15, 0.2) is 5.65 Å². The smallest absolute Gasteiger partial charge is 0.165 e. The number of anilines is 1. The van der Waals surface area contributed by atoms with Gasteiger partial charge in [0.1, 0.15) is 18.2 Å². The molecule has 0 amide bonds. The molecular formula is C25H32N6O. The summed E-state index contributed by atoms with van der Waals surface area (Å²) in [7, 11) is 0. The Hall–Kier alpha value is -2.64. The van der Waals surface area contributed by atoms with Crippen LogP contribution in [0.3, 0.4) is 0 Å². The van der Waals surface area contributed by atoms with Gasteiger partial charge >= 0.3 is 0 Å². The van der Waals surface area contributed by atoms with Crippen molar-refractivity contribution in [3.63, 3.8) is 0 Å². The molecule has 168 valence electrons. The van der Waals surface area contributed by atoms with Crippen LogP contribution in [0.1, 0.15) is 32.3 Å². The normalized spacial score (nSPS) is 23.9. The quantitative estimate of drug-likeness (QED) is 0.636. The highest BCUT2D eigenvalue weighted by atomic mass is 16.5. The number of ether oxygens (including phenoxy) is 1. The molecule has 1 saturated heterocycles. The topological polar surface area (TPSA) is 57.9 Å². The maximum atomic E-state index is 6.42. The summed E-state index contributed by atoms with van der Waals surface area (Å²) in [6.45, 7) is 11.6. The van der Waals surface area contributed by atoms with Gasteiger partial charge in [-0.3, -0.25) is 9.80 Å². The molecule has 0 unspecified atom stereocenters. The van der Waals surface area contributed by atoms with Gasteiger partial charge in [-0.05, 0) is 62.9 Å². The lowest BCUT2D eigenvalue weighted by Gasteiger charge is -2.51. The second-order valence-electron chi connectivity index (χ2n) is 10.2. The van der Waals surface area contributed by atoms with Gasteiger partial charge in [0, 0.05) is 49.5 Å². The number of rotatable bonds is 1. The fourth-order valence-electron chi connectivity index (χ4n) is 5.41. The number of nitrogens with one attached hydrogen (secondary N) is 1. The number of hydrogen-bond acceptors (Lipinski definition) is 6. The maximum absolute atomic E-state index is 6.42. The molecule has 2 aliphatic heterocycles. The molecule has 2 fully saturated rings. The minimum atomic E-state index is 0.184. The minimum Gasteiger partial charge on any atom is -0.492 e. The highest BCUT2D eigenvalue weighted by molar-refractivity contribution is 5.80. The molecule has 3 aromatic rings. The van der Waals surface area contributed by atoms with Gasteiger partial charge in [-0.2, -0.15) is 5.10 Å². The van der Waals surface area contributed by atoms with Crippen LogP contribution in [-0.4, -0.2) is 74.8 Å². The molecule has 1 saturated carbocycles. The molecule has 2 aromatic heterocycles. The van der Waals surface area contributed by atoms with Crippen LogP contribution >= 0.6 is 0 Å². The molecule has 1 atom stereocenters. The molecule has 7 nitrogen and oxygen atoms in total. The van der Waals surface area contributed by atoms with E-state index in [0.29, 0.717) is 12.6 Å². The predicted molar refractivity (Wildman–Crippen MR) is 126 cm³/mol. The van der Waals surface area contributed by atoms with Crippen molar-refractivity contribution in [3.8, 4) is 16.9 Å². The Morgan fingerprint density at radius 3 is 2.84 bits per heavy atom. The molecule has 1 N–H and O–H groups in total. The summed E-state index contributed by atoms with van der Waals surface area (Å²) in [6.07, 6.45) is 6.56. The van der Waals surface area contributed by atoms with Crippen LogP contribution in [0, 0.1) is 6.92 Å². The van der Waals surface area contributed by atoms with Crippen molar-refractivity contribution in [1.29, 1.82) is 0 Å². The molecule has 1 aliphatic carbocycles. The Kier molecular flexibility index (Phi) is 4.66. The zero-order valence-corrected chi connectivity index (χ0v) is 19.2. The van der Waals surface area contributed by atoms with E-state index in [-0.39, 0.29) is 5.54 Å². The van der Waals surface area contributed by atoms with Gasteiger partial charge in [-0.1, -0.05) is 6.07 Å². The van der Waals surface area contributed by atoms with Crippen molar-refractivity contribution in [3.05, 3.63) is 42.2 Å². The third-order valence-corrected chi connectivity index (χ3v) is 7.29. The minimum absolute atomic E-state index is 0.184. The fourth-order valence-corrected chi connectivity index (χ4v) is 5.41. The average Bonchev–Trinajstić information content (AvgIpc) is 3.52. The summed E-state index contributed by atoms with van der Waals surface area (Å²) in [5, 5.41) is 8.08. The molecule has 3 aliphatic rings. The summed E-state index contributed by atoms with van der Waals surface area (Å²) >= 11 is 0. The third kappa shape index (κ3) is 3.53. The Morgan fingerprint density at radius 2 is 2.00 bits per heavy atom. The predicted octanol–water partition coefficient (Wildman–Crippen LogP) is 3.44. The third-order valence-electron chi connectivity index (χ3n) is 7.29. The van der Waals surface area contributed by atoms with Crippen molar-refractivity contribution in [2.45, 2.75) is 51.2 Å². The zero-order valence-electron chi connectivity index (χ0n) is 19.2. The number of benzene rings is 1. The first-order valence-corrected chi connectivity index (χ1v) is 11.8. The SMILES string of the molecule is Cc1ccc2cc1-c1cnn3ccc(nc13)NCCN1CC(C)(C)N(C3CC3)C[C@H]1CO2. The highest BCUT2D eigenvalue weighted by Gasteiger charge is 2.45. The summed E-state index contributed by atoms with van der Waals surface area (Å²) < 4.78 is 8.27.